The lowest BCUT2D eigenvalue weighted by molar-refractivity contribution is -0.156. The Morgan fingerprint density at radius 3 is 1.31 bits per heavy atom. The number of hydrogen-bond donors (Lipinski definition) is 6. The molecule has 2 saturated heterocycles. The molecule has 4 aromatic carbocycles. The second-order valence-corrected chi connectivity index (χ2v) is 34.8. The number of aliphatic hydroxyl groups is 1. The smallest absolute Gasteiger partial charge is 0.248 e. The average molecular weight is 1680 g/mol. The minimum Gasteiger partial charge on any atom is -0.391 e. The molecule has 2 heterocycles. The molecule has 29 heteroatoms. The van der Waals surface area contributed by atoms with Crippen LogP contribution in [0.4, 0.5) is 0 Å². The number of carbonyl (C=O) groups is 14. The van der Waals surface area contributed by atoms with Crippen molar-refractivity contribution in [1.29, 1.82) is 0 Å². The topological polar surface area (TPSA) is 349 Å². The van der Waals surface area contributed by atoms with Crippen LogP contribution in [0.2, 0.25) is 0 Å². The summed E-state index contributed by atoms with van der Waals surface area (Å²) < 4.78 is 0. The highest BCUT2D eigenvalue weighted by Gasteiger charge is 2.47. The lowest BCUT2D eigenvalue weighted by Gasteiger charge is -2.40. The monoisotopic (exact) mass is 1680 g/mol. The number of amides is 14. The van der Waals surface area contributed by atoms with Crippen molar-refractivity contribution in [3.8, 4) is 0 Å². The fourth-order valence-corrected chi connectivity index (χ4v) is 15.7. The molecule has 14 amide bonds. The van der Waals surface area contributed by atoms with Crippen molar-refractivity contribution in [3.05, 3.63) is 144 Å². The van der Waals surface area contributed by atoms with Crippen LogP contribution in [0.3, 0.4) is 0 Å². The van der Waals surface area contributed by atoms with Gasteiger partial charge in [-0.25, -0.2) is 0 Å². The molecule has 15 atom stereocenters. The van der Waals surface area contributed by atoms with Gasteiger partial charge in [0.05, 0.1) is 12.5 Å². The van der Waals surface area contributed by atoms with Crippen LogP contribution in [-0.4, -0.2) is 286 Å². The predicted molar refractivity (Wildman–Crippen MR) is 463 cm³/mol. The van der Waals surface area contributed by atoms with Gasteiger partial charge in [-0.3, -0.25) is 67.1 Å². The summed E-state index contributed by atoms with van der Waals surface area (Å²) in [4.78, 5) is 227. The summed E-state index contributed by atoms with van der Waals surface area (Å²) in [6.07, 6.45) is -0.105. The van der Waals surface area contributed by atoms with E-state index in [4.69, 9.17) is 0 Å². The molecule has 2 aliphatic rings. The molecule has 29 nitrogen and oxygen atoms in total. The summed E-state index contributed by atoms with van der Waals surface area (Å²) in [6, 6.07) is 16.7. The van der Waals surface area contributed by atoms with Gasteiger partial charge in [0.2, 0.25) is 82.7 Å². The van der Waals surface area contributed by atoms with Crippen LogP contribution in [0, 0.1) is 29.6 Å². The summed E-state index contributed by atoms with van der Waals surface area (Å²) >= 11 is 0. The van der Waals surface area contributed by atoms with Crippen LogP contribution < -0.4 is 26.6 Å². The minimum absolute atomic E-state index is 0.0265. The zero-order chi connectivity index (χ0) is 90.1. The van der Waals surface area contributed by atoms with Crippen molar-refractivity contribution < 1.29 is 72.2 Å². The maximum atomic E-state index is 16.2. The number of benzene rings is 4. The zero-order valence-corrected chi connectivity index (χ0v) is 75.1. The molecule has 1 unspecified atom stereocenters. The molecule has 6 rings (SSSR count). The lowest BCUT2D eigenvalue weighted by Crippen LogP contribution is -2.63. The molecular formula is C92H136N14O15. The first-order valence-corrected chi connectivity index (χ1v) is 42.8. The minimum atomic E-state index is -1.94. The van der Waals surface area contributed by atoms with Crippen molar-refractivity contribution in [2.45, 2.75) is 252 Å². The van der Waals surface area contributed by atoms with Gasteiger partial charge in [-0.2, -0.15) is 0 Å². The molecule has 0 aliphatic carbocycles. The molecule has 664 valence electrons. The van der Waals surface area contributed by atoms with Gasteiger partial charge in [0.25, 0.3) is 0 Å². The molecule has 121 heavy (non-hydrogen) atoms. The molecule has 0 bridgehead atoms. The van der Waals surface area contributed by atoms with Crippen LogP contribution in [0.25, 0.3) is 0 Å². The second kappa shape index (κ2) is 46.4. The van der Waals surface area contributed by atoms with Crippen molar-refractivity contribution in [2.75, 3.05) is 69.5 Å². The van der Waals surface area contributed by atoms with Crippen LogP contribution in [-0.2, 0) is 92.8 Å². The Bertz CT molecular complexity index is 4150. The highest BCUT2D eigenvalue weighted by atomic mass is 16.3. The summed E-state index contributed by atoms with van der Waals surface area (Å²) in [5.74, 6) is -13.1. The quantitative estimate of drug-likeness (QED) is 0.0465. The molecule has 0 aromatic heterocycles. The Morgan fingerprint density at radius 1 is 0.446 bits per heavy atom. The Hall–Kier alpha value is -10.6. The fraction of sp³-hybridized carbons (Fsp3) is 0.587. The van der Waals surface area contributed by atoms with Gasteiger partial charge in [0.1, 0.15) is 78.5 Å². The van der Waals surface area contributed by atoms with E-state index in [1.54, 1.807) is 168 Å². The SMILES string of the molecule is CC[C@H](C)[C@@H]1NC(=O)[C@H](Cc2ccccc2)N(C)C(=O)[C@H]([C@@H](C)O)NC(=O)[C@@H](C(C)C)NC(=O)C[C@@H](C(=O)N(C)C(Cc2ccccc2)C(=O)N(C)[C@@H](Cc2ccccc2)C(=O)N[C@@H](C)C(=O)N2CCCCC2)NC(=O)[C@H](CC(C)C)N(C)C(=O)[C@H](CC(C)C)N(C)C(=O)[C@H](Cc2ccccc2)N(C)C(=O)[C@H](CC(C)C)N(C)C(=O)[C@H](C)N(C)C1=O. The van der Waals surface area contributed by atoms with Crippen molar-refractivity contribution in [1.82, 2.24) is 70.7 Å². The van der Waals surface area contributed by atoms with Crippen LogP contribution in [0.1, 0.15) is 164 Å². The Balaban J connectivity index is 1.57. The lowest BCUT2D eigenvalue weighted by atomic mass is 9.95. The first kappa shape index (κ1) is 99.2. The van der Waals surface area contributed by atoms with Crippen LogP contribution in [0.15, 0.2) is 121 Å². The summed E-state index contributed by atoms with van der Waals surface area (Å²) in [5, 5.41) is 25.5. The third-order valence-corrected chi connectivity index (χ3v) is 23.7. The third-order valence-electron chi connectivity index (χ3n) is 23.7. The van der Waals surface area contributed by atoms with Gasteiger partial charge in [-0.1, -0.05) is 197 Å². The van der Waals surface area contributed by atoms with Gasteiger partial charge in [-0.05, 0) is 111 Å². The maximum Gasteiger partial charge on any atom is 0.248 e. The molecular weight excluding hydrogens is 1540 g/mol. The number of piperidine rings is 1. The van der Waals surface area contributed by atoms with E-state index in [1.807, 2.05) is 34.6 Å². The van der Waals surface area contributed by atoms with E-state index in [0.717, 1.165) is 29.1 Å². The maximum absolute atomic E-state index is 16.2. The van der Waals surface area contributed by atoms with E-state index < -0.39 is 180 Å². The van der Waals surface area contributed by atoms with Gasteiger partial charge >= 0.3 is 0 Å². The van der Waals surface area contributed by atoms with E-state index in [-0.39, 0.29) is 68.6 Å². The van der Waals surface area contributed by atoms with E-state index >= 15 is 57.5 Å². The molecule has 0 saturated carbocycles. The molecule has 6 N–H and O–H groups in total. The number of likely N-dealkylation sites (tertiary alicyclic amines) is 1. The second-order valence-electron chi connectivity index (χ2n) is 34.8. The van der Waals surface area contributed by atoms with Crippen LogP contribution >= 0.6 is 0 Å². The molecule has 2 fully saturated rings. The fourth-order valence-electron chi connectivity index (χ4n) is 15.7. The summed E-state index contributed by atoms with van der Waals surface area (Å²) in [7, 11) is 11.2. The van der Waals surface area contributed by atoms with E-state index in [0.29, 0.717) is 41.8 Å². The van der Waals surface area contributed by atoms with E-state index in [1.165, 1.54) is 99.6 Å². The Kier molecular flexibility index (Phi) is 38.1. The normalized spacial score (nSPS) is 23.3. The number of rotatable bonds is 25. The summed E-state index contributed by atoms with van der Waals surface area (Å²) in [6.45, 7) is 23.1. The number of aliphatic hydroxyl groups excluding tert-OH is 1. The first-order chi connectivity index (χ1) is 57.0. The Morgan fingerprint density at radius 2 is 0.843 bits per heavy atom. The van der Waals surface area contributed by atoms with E-state index in [9.17, 15) is 14.7 Å². The molecule has 4 aromatic rings. The Labute approximate surface area is 716 Å². The predicted octanol–water partition coefficient (Wildman–Crippen LogP) is 5.67. The van der Waals surface area contributed by atoms with E-state index in [2.05, 4.69) is 26.6 Å². The zero-order valence-electron chi connectivity index (χ0n) is 75.1. The van der Waals surface area contributed by atoms with Crippen molar-refractivity contribution in [2.24, 2.45) is 29.6 Å². The number of nitrogens with one attached hydrogen (secondary N) is 5. The van der Waals surface area contributed by atoms with Gasteiger partial charge in [0.15, 0.2) is 0 Å². The highest BCUT2D eigenvalue weighted by molar-refractivity contribution is 6.02. The van der Waals surface area contributed by atoms with Gasteiger partial charge < -0.3 is 75.8 Å². The summed E-state index contributed by atoms with van der Waals surface area (Å²) in [5.41, 5.74) is 2.44. The largest absolute Gasteiger partial charge is 0.391 e. The number of likely N-dealkylation sites (N-methyl/N-ethyl adjacent to an activating group) is 8. The van der Waals surface area contributed by atoms with Crippen molar-refractivity contribution in [3.63, 3.8) is 0 Å². The first-order valence-electron chi connectivity index (χ1n) is 42.8. The third kappa shape index (κ3) is 27.2. The number of carbonyl (C=O) groups excluding carboxylic acids is 14. The molecule has 2 aliphatic heterocycles. The molecule has 0 radical (unpaired) electrons. The highest BCUT2D eigenvalue weighted by Crippen LogP contribution is 2.27. The van der Waals surface area contributed by atoms with Gasteiger partial charge in [0, 0.05) is 95.2 Å². The average Bonchev–Trinajstić information content (AvgIpc) is 0.834. The van der Waals surface area contributed by atoms with Gasteiger partial charge in [-0.15, -0.1) is 0 Å². The van der Waals surface area contributed by atoms with Crippen molar-refractivity contribution >= 4 is 82.7 Å². The standard InChI is InChI=1S/C92H136N14O15/c1-22-60(10)78-91(120)98(14)62(12)85(114)102(18)72(49-57(4)5)88(117)105(21)75(54-67-44-34-26-35-45-67)90(119)104(20)73(50-58(6)7)87(116)99(15)69(48-56(2)3)81(110)94-68(55-76(108)95-77(59(8)9)83(112)97-79(63(13)107)92(121)101(17)71(82(111)96-78)52-65-40-30-24-31-41-65)86(115)103(19)74(53-66-42-32-25-33-43-66)89(118)100(16)70(51-64-38-28-23-29-39-64)80(109)93-61(11)84(113)106-46-36-27-37-47-106/h23-26,28-35,38-45,56-63,68-75,77-79,107H,22,27,36-37,46-55H2,1-21H3,(H,93,109)(H,94,110)(H,95,108)(H,96,111)(H,97,112)/t60-,61-,62-,63+,68-,69-,70-,71-,72-,73-,74?,75-,77+,78-,79-/m0/s1. The number of hydrogen-bond acceptors (Lipinski definition) is 15. The van der Waals surface area contributed by atoms with Crippen LogP contribution in [0.5, 0.6) is 0 Å². The molecule has 0 spiro atoms. The number of nitrogens with zero attached hydrogens (tertiary/aromatic N) is 9.